The van der Waals surface area contributed by atoms with Crippen LogP contribution in [0.15, 0.2) is 24.3 Å². The lowest BCUT2D eigenvalue weighted by Gasteiger charge is -2.26. The van der Waals surface area contributed by atoms with Crippen molar-refractivity contribution in [1.82, 2.24) is 0 Å². The number of carboxylic acids is 1. The summed E-state index contributed by atoms with van der Waals surface area (Å²) in [6.07, 6.45) is 2.97. The van der Waals surface area contributed by atoms with E-state index >= 15 is 0 Å². The summed E-state index contributed by atoms with van der Waals surface area (Å²) in [5, 5.41) is 12.0. The van der Waals surface area contributed by atoms with Crippen LogP contribution in [-0.4, -0.2) is 17.1 Å². The molecule has 5 nitrogen and oxygen atoms in total. The molecule has 4 N–H and O–H groups in total. The minimum absolute atomic E-state index is 0.495. The van der Waals surface area contributed by atoms with Crippen LogP contribution in [0, 0.1) is 0 Å². The summed E-state index contributed by atoms with van der Waals surface area (Å²) in [6.45, 7) is 0. The summed E-state index contributed by atoms with van der Waals surface area (Å²) in [5.74, 6) is -0.835. The van der Waals surface area contributed by atoms with Gasteiger partial charge in [0.15, 0.2) is 0 Å². The van der Waals surface area contributed by atoms with Gasteiger partial charge in [-0.15, -0.1) is 0 Å². The molecular weight excluding hydrogens is 232 g/mol. The Kier molecular flexibility index (Phi) is 3.23. The van der Waals surface area contributed by atoms with Crippen molar-refractivity contribution in [1.29, 1.82) is 0 Å². The number of carboxylic acid groups (broad SMARTS) is 1. The maximum Gasteiger partial charge on any atom is 0.316 e. The highest BCUT2D eigenvalue weighted by molar-refractivity contribution is 5.92. The molecule has 96 valence electrons. The number of amides is 2. The zero-order chi connectivity index (χ0) is 13.2. The molecular formula is C13H16N2O3. The van der Waals surface area contributed by atoms with E-state index in [0.717, 1.165) is 12.8 Å². The van der Waals surface area contributed by atoms with Crippen LogP contribution in [0.25, 0.3) is 0 Å². The number of anilines is 1. The molecule has 1 saturated carbocycles. The normalized spacial score (nSPS) is 17.3. The highest BCUT2D eigenvalue weighted by Gasteiger charge is 2.44. The monoisotopic (exact) mass is 248 g/mol. The van der Waals surface area contributed by atoms with Crippen LogP contribution >= 0.6 is 0 Å². The third-order valence-corrected chi connectivity index (χ3v) is 3.57. The summed E-state index contributed by atoms with van der Waals surface area (Å²) in [5.41, 5.74) is 5.37. The molecule has 0 aliphatic heterocycles. The predicted octanol–water partition coefficient (Wildman–Crippen LogP) is 2.07. The number of aliphatic carboxylic acids is 1. The number of carbonyl (C=O) groups is 2. The SMILES string of the molecule is NC(=O)Nc1ccccc1C1(C(=O)O)CCCC1. The minimum Gasteiger partial charge on any atom is -0.481 e. The molecule has 18 heavy (non-hydrogen) atoms. The van der Waals surface area contributed by atoms with Gasteiger partial charge in [0, 0.05) is 5.69 Å². The van der Waals surface area contributed by atoms with Gasteiger partial charge in [-0.1, -0.05) is 31.0 Å². The van der Waals surface area contributed by atoms with E-state index in [4.69, 9.17) is 5.73 Å². The Morgan fingerprint density at radius 3 is 2.39 bits per heavy atom. The standard InChI is InChI=1S/C13H16N2O3/c14-12(18)15-10-6-2-1-5-9(10)13(11(16)17)7-3-4-8-13/h1-2,5-6H,3-4,7-8H2,(H,16,17)(H3,14,15,18). The van der Waals surface area contributed by atoms with Crippen LogP contribution in [0.5, 0.6) is 0 Å². The topological polar surface area (TPSA) is 92.4 Å². The van der Waals surface area contributed by atoms with E-state index in [9.17, 15) is 14.7 Å². The van der Waals surface area contributed by atoms with Gasteiger partial charge in [0.2, 0.25) is 0 Å². The van der Waals surface area contributed by atoms with Crippen LogP contribution in [0.1, 0.15) is 31.2 Å². The smallest absolute Gasteiger partial charge is 0.316 e. The molecule has 0 aromatic heterocycles. The number of hydrogen-bond donors (Lipinski definition) is 3. The Bertz CT molecular complexity index is 479. The number of urea groups is 1. The summed E-state index contributed by atoms with van der Waals surface area (Å²) >= 11 is 0. The number of primary amides is 1. The molecule has 0 spiro atoms. The molecule has 1 aromatic carbocycles. The summed E-state index contributed by atoms with van der Waals surface area (Å²) in [6, 6.07) is 6.29. The quantitative estimate of drug-likeness (QED) is 0.764. The maximum atomic E-state index is 11.6. The highest BCUT2D eigenvalue weighted by Crippen LogP contribution is 2.44. The van der Waals surface area contributed by atoms with Crippen LogP contribution in [0.4, 0.5) is 10.5 Å². The molecule has 5 heteroatoms. The number of rotatable bonds is 3. The lowest BCUT2D eigenvalue weighted by atomic mass is 9.78. The maximum absolute atomic E-state index is 11.6. The first-order chi connectivity index (χ1) is 8.56. The Morgan fingerprint density at radius 1 is 1.22 bits per heavy atom. The molecule has 0 saturated heterocycles. The van der Waals surface area contributed by atoms with Crippen molar-refractivity contribution in [2.45, 2.75) is 31.1 Å². The van der Waals surface area contributed by atoms with E-state index in [-0.39, 0.29) is 0 Å². The molecule has 0 radical (unpaired) electrons. The number of carbonyl (C=O) groups excluding carboxylic acids is 1. The molecule has 0 atom stereocenters. The fourth-order valence-corrected chi connectivity index (χ4v) is 2.72. The second-order valence-electron chi connectivity index (χ2n) is 4.63. The Hall–Kier alpha value is -2.04. The first-order valence-electron chi connectivity index (χ1n) is 5.95. The average Bonchev–Trinajstić information content (AvgIpc) is 2.79. The first kappa shape index (κ1) is 12.4. The van der Waals surface area contributed by atoms with E-state index in [0.29, 0.717) is 24.1 Å². The number of para-hydroxylation sites is 1. The van der Waals surface area contributed by atoms with Crippen LogP contribution in [0.3, 0.4) is 0 Å². The van der Waals surface area contributed by atoms with Crippen molar-refractivity contribution in [2.24, 2.45) is 5.73 Å². The summed E-state index contributed by atoms with van der Waals surface area (Å²) < 4.78 is 0. The summed E-state index contributed by atoms with van der Waals surface area (Å²) in [4.78, 5) is 22.6. The molecule has 2 rings (SSSR count). The number of hydrogen-bond acceptors (Lipinski definition) is 2. The van der Waals surface area contributed by atoms with Crippen molar-refractivity contribution in [2.75, 3.05) is 5.32 Å². The highest BCUT2D eigenvalue weighted by atomic mass is 16.4. The summed E-state index contributed by atoms with van der Waals surface area (Å²) in [7, 11) is 0. The van der Waals surface area contributed by atoms with Gasteiger partial charge >= 0.3 is 12.0 Å². The fraction of sp³-hybridized carbons (Fsp3) is 0.385. The third kappa shape index (κ3) is 2.03. The second kappa shape index (κ2) is 4.68. The van der Waals surface area contributed by atoms with Gasteiger partial charge in [0.05, 0.1) is 5.41 Å². The van der Waals surface area contributed by atoms with E-state index in [1.165, 1.54) is 0 Å². The van der Waals surface area contributed by atoms with Gasteiger partial charge in [0.25, 0.3) is 0 Å². The number of nitrogens with two attached hydrogens (primary N) is 1. The molecule has 1 fully saturated rings. The zero-order valence-corrected chi connectivity index (χ0v) is 9.98. The van der Waals surface area contributed by atoms with E-state index in [1.54, 1.807) is 24.3 Å². The van der Waals surface area contributed by atoms with Gasteiger partial charge < -0.3 is 16.2 Å². The van der Waals surface area contributed by atoms with Crippen molar-refractivity contribution in [3.8, 4) is 0 Å². The average molecular weight is 248 g/mol. The van der Waals surface area contributed by atoms with Crippen molar-refractivity contribution in [3.63, 3.8) is 0 Å². The van der Waals surface area contributed by atoms with Crippen molar-refractivity contribution in [3.05, 3.63) is 29.8 Å². The molecule has 1 aliphatic rings. The zero-order valence-electron chi connectivity index (χ0n) is 9.98. The predicted molar refractivity (Wildman–Crippen MR) is 67.4 cm³/mol. The second-order valence-corrected chi connectivity index (χ2v) is 4.63. The van der Waals surface area contributed by atoms with E-state index < -0.39 is 17.4 Å². The van der Waals surface area contributed by atoms with E-state index in [1.807, 2.05) is 0 Å². The van der Waals surface area contributed by atoms with Crippen LogP contribution < -0.4 is 11.1 Å². The number of nitrogens with one attached hydrogen (secondary N) is 1. The Morgan fingerprint density at radius 2 is 1.83 bits per heavy atom. The number of benzene rings is 1. The lowest BCUT2D eigenvalue weighted by Crippen LogP contribution is -2.34. The molecule has 2 amide bonds. The Balaban J connectivity index is 2.48. The van der Waals surface area contributed by atoms with Gasteiger partial charge in [-0.05, 0) is 24.5 Å². The van der Waals surface area contributed by atoms with Gasteiger partial charge in [0.1, 0.15) is 0 Å². The Labute approximate surface area is 105 Å². The molecule has 0 bridgehead atoms. The van der Waals surface area contributed by atoms with Gasteiger partial charge in [-0.25, -0.2) is 4.79 Å². The van der Waals surface area contributed by atoms with Crippen molar-refractivity contribution < 1.29 is 14.7 Å². The van der Waals surface area contributed by atoms with E-state index in [2.05, 4.69) is 5.32 Å². The largest absolute Gasteiger partial charge is 0.481 e. The minimum atomic E-state index is -0.890. The van der Waals surface area contributed by atoms with Crippen LogP contribution in [0.2, 0.25) is 0 Å². The fourth-order valence-electron chi connectivity index (χ4n) is 2.72. The molecule has 0 unspecified atom stereocenters. The molecule has 1 aliphatic carbocycles. The van der Waals surface area contributed by atoms with Crippen molar-refractivity contribution >= 4 is 17.7 Å². The molecule has 1 aromatic rings. The first-order valence-corrected chi connectivity index (χ1v) is 5.95. The molecule has 0 heterocycles. The third-order valence-electron chi connectivity index (χ3n) is 3.57. The van der Waals surface area contributed by atoms with Gasteiger partial charge in [-0.2, -0.15) is 0 Å². The van der Waals surface area contributed by atoms with Crippen LogP contribution in [-0.2, 0) is 10.2 Å². The lowest BCUT2D eigenvalue weighted by molar-refractivity contribution is -0.143. The van der Waals surface area contributed by atoms with Gasteiger partial charge in [-0.3, -0.25) is 4.79 Å².